The Bertz CT molecular complexity index is 618. The topological polar surface area (TPSA) is 35.9 Å². The molecule has 3 rings (SSSR count). The van der Waals surface area contributed by atoms with Crippen LogP contribution in [0, 0.1) is 5.92 Å². The first-order valence-corrected chi connectivity index (χ1v) is 9.62. The summed E-state index contributed by atoms with van der Waals surface area (Å²) in [5.41, 5.74) is 2.36. The van der Waals surface area contributed by atoms with Crippen LogP contribution in [0.15, 0.2) is 23.8 Å². The van der Waals surface area contributed by atoms with E-state index in [0.29, 0.717) is 18.6 Å². The summed E-state index contributed by atoms with van der Waals surface area (Å²) in [7, 11) is 0. The molecule has 0 radical (unpaired) electrons. The van der Waals surface area contributed by atoms with Gasteiger partial charge in [-0.05, 0) is 42.2 Å². The van der Waals surface area contributed by atoms with E-state index in [4.69, 9.17) is 16.3 Å². The Kier molecular flexibility index (Phi) is 6.39. The fraction of sp³-hybridized carbons (Fsp3) is 0.600. The minimum absolute atomic E-state index is 0.255. The summed E-state index contributed by atoms with van der Waals surface area (Å²) in [6.45, 7) is 10.6. The molecule has 1 fully saturated rings. The molecule has 2 aliphatic heterocycles. The van der Waals surface area contributed by atoms with E-state index < -0.39 is 0 Å². The predicted octanol–water partition coefficient (Wildman–Crippen LogP) is 3.14. The fourth-order valence-electron chi connectivity index (χ4n) is 3.81. The lowest BCUT2D eigenvalue weighted by Gasteiger charge is -2.42. The maximum atomic E-state index is 9.42. The Morgan fingerprint density at radius 2 is 2.16 bits per heavy atom. The second-order valence-corrected chi connectivity index (χ2v) is 8.00. The van der Waals surface area contributed by atoms with Crippen LogP contribution < -0.4 is 4.74 Å². The Labute approximate surface area is 156 Å². The lowest BCUT2D eigenvalue weighted by Crippen LogP contribution is -2.54. The Morgan fingerprint density at radius 3 is 2.92 bits per heavy atom. The monoisotopic (exact) mass is 364 g/mol. The first kappa shape index (κ1) is 18.7. The van der Waals surface area contributed by atoms with Crippen LogP contribution in [-0.2, 0) is 0 Å². The van der Waals surface area contributed by atoms with Crippen LogP contribution >= 0.6 is 11.6 Å². The molecule has 0 aliphatic carbocycles. The molecule has 1 N–H and O–H groups in total. The molecule has 25 heavy (non-hydrogen) atoms. The third-order valence-corrected chi connectivity index (χ3v) is 5.16. The number of rotatable bonds is 6. The van der Waals surface area contributed by atoms with Gasteiger partial charge < -0.3 is 9.84 Å². The highest BCUT2D eigenvalue weighted by molar-refractivity contribution is 6.30. The lowest BCUT2D eigenvalue weighted by molar-refractivity contribution is 0.0548. The number of ether oxygens (including phenoxy) is 1. The maximum absolute atomic E-state index is 9.42. The molecule has 0 saturated carbocycles. The third-order valence-electron chi connectivity index (χ3n) is 4.92. The molecule has 0 spiro atoms. The fourth-order valence-corrected chi connectivity index (χ4v) is 3.99. The highest BCUT2D eigenvalue weighted by atomic mass is 35.5. The first-order chi connectivity index (χ1) is 12.0. The van der Waals surface area contributed by atoms with Crippen molar-refractivity contribution in [2.75, 3.05) is 45.9 Å². The number of hydrogen-bond donors (Lipinski definition) is 1. The van der Waals surface area contributed by atoms with Crippen LogP contribution in [-0.4, -0.2) is 66.9 Å². The number of nitrogens with zero attached hydrogens (tertiary/aromatic N) is 2. The molecule has 2 heterocycles. The van der Waals surface area contributed by atoms with Crippen molar-refractivity contribution in [3.8, 4) is 5.75 Å². The summed E-state index contributed by atoms with van der Waals surface area (Å²) in [4.78, 5) is 5.03. The van der Waals surface area contributed by atoms with E-state index in [1.54, 1.807) is 0 Å². The Hall–Kier alpha value is -1.07. The summed E-state index contributed by atoms with van der Waals surface area (Å²) in [6, 6.07) is 6.21. The number of aliphatic hydroxyl groups excluding tert-OH is 1. The highest BCUT2D eigenvalue weighted by Gasteiger charge is 2.27. The normalized spacial score (nSPS) is 21.8. The van der Waals surface area contributed by atoms with Crippen molar-refractivity contribution in [1.82, 2.24) is 9.80 Å². The van der Waals surface area contributed by atoms with Crippen molar-refractivity contribution in [3.63, 3.8) is 0 Å². The second-order valence-electron chi connectivity index (χ2n) is 7.56. The number of halogens is 1. The van der Waals surface area contributed by atoms with Gasteiger partial charge in [0.05, 0.1) is 0 Å². The van der Waals surface area contributed by atoms with Gasteiger partial charge in [-0.3, -0.25) is 9.80 Å². The molecule has 1 aromatic carbocycles. The Balaban J connectivity index is 1.63. The average molecular weight is 365 g/mol. The van der Waals surface area contributed by atoms with E-state index in [2.05, 4.69) is 29.7 Å². The van der Waals surface area contributed by atoms with Gasteiger partial charge in [0.15, 0.2) is 0 Å². The molecule has 0 amide bonds. The minimum Gasteiger partial charge on any atom is -0.489 e. The van der Waals surface area contributed by atoms with Gasteiger partial charge in [0.1, 0.15) is 12.4 Å². The summed E-state index contributed by atoms with van der Waals surface area (Å²) in [5, 5.41) is 10.2. The number of benzene rings is 1. The smallest absolute Gasteiger partial charge is 0.127 e. The maximum Gasteiger partial charge on any atom is 0.127 e. The van der Waals surface area contributed by atoms with Crippen molar-refractivity contribution in [2.24, 2.45) is 5.92 Å². The molecular weight excluding hydrogens is 336 g/mol. The summed E-state index contributed by atoms with van der Waals surface area (Å²) in [5.74, 6) is 1.57. The minimum atomic E-state index is 0.255. The molecule has 4 nitrogen and oxygen atoms in total. The van der Waals surface area contributed by atoms with E-state index in [1.807, 2.05) is 18.2 Å². The lowest BCUT2D eigenvalue weighted by atomic mass is 10.0. The summed E-state index contributed by atoms with van der Waals surface area (Å²) >= 11 is 6.10. The standard InChI is InChI=1S/C20H29ClN2O2/c1-15(2)11-23-7-6-22(13-19(23)5-8-24)12-16-9-17-10-18(21)3-4-20(17)25-14-16/h3-4,9-10,15,19,24H,5-8,11-14H2,1-2H3/t19-/m1/s1. The van der Waals surface area contributed by atoms with Gasteiger partial charge in [-0.15, -0.1) is 0 Å². The summed E-state index contributed by atoms with van der Waals surface area (Å²) in [6.07, 6.45) is 3.06. The number of aliphatic hydroxyl groups is 1. The van der Waals surface area contributed by atoms with Crippen molar-refractivity contribution in [2.45, 2.75) is 26.3 Å². The first-order valence-electron chi connectivity index (χ1n) is 9.24. The molecular formula is C20H29ClN2O2. The zero-order chi connectivity index (χ0) is 17.8. The molecule has 1 saturated heterocycles. The second kappa shape index (κ2) is 8.54. The highest BCUT2D eigenvalue weighted by Crippen LogP contribution is 2.29. The van der Waals surface area contributed by atoms with Gasteiger partial charge >= 0.3 is 0 Å². The zero-order valence-electron chi connectivity index (χ0n) is 15.2. The molecule has 5 heteroatoms. The van der Waals surface area contributed by atoms with Gasteiger partial charge in [-0.25, -0.2) is 0 Å². The van der Waals surface area contributed by atoms with E-state index in [9.17, 15) is 5.11 Å². The van der Waals surface area contributed by atoms with Crippen LogP contribution in [0.1, 0.15) is 25.8 Å². The van der Waals surface area contributed by atoms with E-state index in [0.717, 1.165) is 55.5 Å². The molecule has 0 unspecified atom stereocenters. The van der Waals surface area contributed by atoms with E-state index in [1.165, 1.54) is 5.57 Å². The number of piperazine rings is 1. The van der Waals surface area contributed by atoms with Gasteiger partial charge in [-0.2, -0.15) is 0 Å². The third kappa shape index (κ3) is 4.98. The number of fused-ring (bicyclic) bond motifs is 1. The molecule has 1 aromatic rings. The van der Waals surface area contributed by atoms with Crippen molar-refractivity contribution in [1.29, 1.82) is 0 Å². The van der Waals surface area contributed by atoms with Gasteiger partial charge in [0, 0.05) is 56.0 Å². The van der Waals surface area contributed by atoms with Crippen molar-refractivity contribution >= 4 is 17.7 Å². The molecule has 0 bridgehead atoms. The molecule has 138 valence electrons. The van der Waals surface area contributed by atoms with Gasteiger partial charge in [-0.1, -0.05) is 25.4 Å². The molecule has 2 aliphatic rings. The van der Waals surface area contributed by atoms with Crippen LogP contribution in [0.5, 0.6) is 5.75 Å². The van der Waals surface area contributed by atoms with Crippen molar-refractivity contribution in [3.05, 3.63) is 34.4 Å². The van der Waals surface area contributed by atoms with Crippen LogP contribution in [0.25, 0.3) is 6.08 Å². The SMILES string of the molecule is CC(C)CN1CCN(CC2=Cc3cc(Cl)ccc3OC2)C[C@H]1CCO. The van der Waals surface area contributed by atoms with Crippen LogP contribution in [0.4, 0.5) is 0 Å². The average Bonchev–Trinajstić information content (AvgIpc) is 2.57. The van der Waals surface area contributed by atoms with Crippen LogP contribution in [0.3, 0.4) is 0 Å². The van der Waals surface area contributed by atoms with Gasteiger partial charge in [0.2, 0.25) is 0 Å². The predicted molar refractivity (Wildman–Crippen MR) is 103 cm³/mol. The van der Waals surface area contributed by atoms with E-state index >= 15 is 0 Å². The molecule has 1 atom stereocenters. The van der Waals surface area contributed by atoms with E-state index in [-0.39, 0.29) is 6.61 Å². The Morgan fingerprint density at radius 1 is 1.32 bits per heavy atom. The summed E-state index contributed by atoms with van der Waals surface area (Å²) < 4.78 is 5.88. The van der Waals surface area contributed by atoms with Crippen molar-refractivity contribution < 1.29 is 9.84 Å². The van der Waals surface area contributed by atoms with Gasteiger partial charge in [0.25, 0.3) is 0 Å². The zero-order valence-corrected chi connectivity index (χ0v) is 16.0. The molecule has 0 aromatic heterocycles. The largest absolute Gasteiger partial charge is 0.489 e. The van der Waals surface area contributed by atoms with Crippen LogP contribution in [0.2, 0.25) is 5.02 Å². The number of hydrogen-bond acceptors (Lipinski definition) is 4. The quantitative estimate of drug-likeness (QED) is 0.841.